The first-order valence-corrected chi connectivity index (χ1v) is 4.68. The number of hydrogen-bond acceptors (Lipinski definition) is 2. The van der Waals surface area contributed by atoms with E-state index in [1.807, 2.05) is 6.20 Å². The van der Waals surface area contributed by atoms with Crippen molar-refractivity contribution in [3.05, 3.63) is 18.0 Å². The molecule has 3 heteroatoms. The zero-order chi connectivity index (χ0) is 10.0. The normalized spacial score (nSPS) is 17.9. The van der Waals surface area contributed by atoms with Gasteiger partial charge in [-0.3, -0.25) is 4.68 Å². The summed E-state index contributed by atoms with van der Waals surface area (Å²) in [5.41, 5.74) is 0.744. The van der Waals surface area contributed by atoms with Gasteiger partial charge in [-0.1, -0.05) is 5.92 Å². The number of terminal acetylenes is 1. The first-order valence-electron chi connectivity index (χ1n) is 4.68. The molecule has 3 nitrogen and oxygen atoms in total. The summed E-state index contributed by atoms with van der Waals surface area (Å²) in [6.07, 6.45) is 11.9. The summed E-state index contributed by atoms with van der Waals surface area (Å²) in [4.78, 5) is 0. The third-order valence-electron chi connectivity index (χ3n) is 2.86. The Balaban J connectivity index is 2.25. The maximum Gasteiger partial charge on any atom is 0.101 e. The molecule has 0 amide bonds. The molecule has 14 heavy (non-hydrogen) atoms. The van der Waals surface area contributed by atoms with Gasteiger partial charge in [-0.05, 0) is 19.3 Å². The van der Waals surface area contributed by atoms with E-state index in [2.05, 4.69) is 17.1 Å². The maximum atomic E-state index is 9.10. The zero-order valence-corrected chi connectivity index (χ0v) is 7.90. The van der Waals surface area contributed by atoms with E-state index < -0.39 is 0 Å². The van der Waals surface area contributed by atoms with Gasteiger partial charge in [0, 0.05) is 11.8 Å². The number of hydrogen-bond donors (Lipinski definition) is 0. The molecule has 70 valence electrons. The Morgan fingerprint density at radius 1 is 1.64 bits per heavy atom. The Bertz CT molecular complexity index is 412. The molecule has 1 aromatic heterocycles. The lowest BCUT2D eigenvalue weighted by Crippen LogP contribution is -2.31. The van der Waals surface area contributed by atoms with Crippen molar-refractivity contribution in [1.82, 2.24) is 9.78 Å². The lowest BCUT2D eigenvalue weighted by Gasteiger charge is -2.34. The third kappa shape index (κ3) is 1.18. The molecule has 2 rings (SSSR count). The Hall–Kier alpha value is -1.74. The second-order valence-corrected chi connectivity index (χ2v) is 3.68. The fourth-order valence-electron chi connectivity index (χ4n) is 1.79. The molecule has 1 fully saturated rings. The van der Waals surface area contributed by atoms with Gasteiger partial charge >= 0.3 is 0 Å². The van der Waals surface area contributed by atoms with Crippen LogP contribution in [0.5, 0.6) is 0 Å². The molecule has 0 spiro atoms. The highest BCUT2D eigenvalue weighted by Gasteiger charge is 2.39. The van der Waals surface area contributed by atoms with Crippen molar-refractivity contribution in [2.24, 2.45) is 0 Å². The van der Waals surface area contributed by atoms with Gasteiger partial charge in [-0.25, -0.2) is 0 Å². The van der Waals surface area contributed by atoms with Crippen LogP contribution < -0.4 is 0 Å². The van der Waals surface area contributed by atoms with Gasteiger partial charge in [-0.15, -0.1) is 6.42 Å². The fraction of sp³-hybridized carbons (Fsp3) is 0.455. The molecule has 1 aliphatic carbocycles. The second-order valence-electron chi connectivity index (χ2n) is 3.68. The van der Waals surface area contributed by atoms with E-state index >= 15 is 0 Å². The molecule has 1 aromatic rings. The van der Waals surface area contributed by atoms with Gasteiger partial charge in [-0.2, -0.15) is 10.4 Å². The average molecular weight is 185 g/mol. The quantitative estimate of drug-likeness (QED) is 0.654. The van der Waals surface area contributed by atoms with Crippen molar-refractivity contribution in [2.75, 3.05) is 0 Å². The van der Waals surface area contributed by atoms with Crippen LogP contribution in [0.2, 0.25) is 0 Å². The third-order valence-corrected chi connectivity index (χ3v) is 2.86. The highest BCUT2D eigenvalue weighted by molar-refractivity contribution is 5.31. The molecule has 0 aromatic carbocycles. The summed E-state index contributed by atoms with van der Waals surface area (Å²) in [7, 11) is 0. The SMILES string of the molecule is C#CCn1cc(C2(C#N)CCC2)cn1. The predicted octanol–water partition coefficient (Wildman–Crippen LogP) is 1.46. The molecule has 1 heterocycles. The first-order chi connectivity index (χ1) is 6.80. The van der Waals surface area contributed by atoms with E-state index in [4.69, 9.17) is 11.7 Å². The summed E-state index contributed by atoms with van der Waals surface area (Å²) >= 11 is 0. The summed E-state index contributed by atoms with van der Waals surface area (Å²) < 4.78 is 1.70. The van der Waals surface area contributed by atoms with Crippen LogP contribution in [0.4, 0.5) is 0 Å². The van der Waals surface area contributed by atoms with Gasteiger partial charge in [0.25, 0.3) is 0 Å². The van der Waals surface area contributed by atoms with Gasteiger partial charge < -0.3 is 0 Å². The standard InChI is InChI=1S/C11H11N3/c1-2-6-14-8-10(7-13-14)11(9-12)4-3-5-11/h1,7-8H,3-6H2. The average Bonchev–Trinajstić information content (AvgIpc) is 2.54. The van der Waals surface area contributed by atoms with Crippen LogP contribution in [0.1, 0.15) is 24.8 Å². The molecule has 1 saturated carbocycles. The van der Waals surface area contributed by atoms with Crippen LogP contribution in [0.25, 0.3) is 0 Å². The van der Waals surface area contributed by atoms with Crippen LogP contribution in [-0.2, 0) is 12.0 Å². The minimum Gasteiger partial charge on any atom is -0.260 e. The summed E-state index contributed by atoms with van der Waals surface area (Å²) in [5.74, 6) is 2.52. The molecule has 0 N–H and O–H groups in total. The van der Waals surface area contributed by atoms with Gasteiger partial charge in [0.15, 0.2) is 0 Å². The van der Waals surface area contributed by atoms with Crippen LogP contribution in [-0.4, -0.2) is 9.78 Å². The first kappa shape index (κ1) is 8.84. The van der Waals surface area contributed by atoms with Crippen LogP contribution in [0.3, 0.4) is 0 Å². The summed E-state index contributed by atoms with van der Waals surface area (Å²) in [6, 6.07) is 2.38. The van der Waals surface area contributed by atoms with Crippen LogP contribution >= 0.6 is 0 Å². The number of nitrogens with zero attached hydrogens (tertiary/aromatic N) is 3. The Morgan fingerprint density at radius 3 is 2.93 bits per heavy atom. The molecule has 0 aliphatic heterocycles. The largest absolute Gasteiger partial charge is 0.260 e. The molecule has 0 unspecified atom stereocenters. The molecule has 0 saturated heterocycles. The Kier molecular flexibility index (Phi) is 2.02. The van der Waals surface area contributed by atoms with Crippen molar-refractivity contribution < 1.29 is 0 Å². The lowest BCUT2D eigenvalue weighted by atomic mass is 9.66. The summed E-state index contributed by atoms with van der Waals surface area (Å²) in [6.45, 7) is 0.474. The van der Waals surface area contributed by atoms with E-state index in [1.54, 1.807) is 10.9 Å². The Labute approximate surface area is 83.3 Å². The van der Waals surface area contributed by atoms with Crippen LogP contribution in [0.15, 0.2) is 12.4 Å². The van der Waals surface area contributed by atoms with Gasteiger partial charge in [0.05, 0.1) is 17.7 Å². The van der Waals surface area contributed by atoms with E-state index in [0.29, 0.717) is 6.54 Å². The molecule has 0 atom stereocenters. The Morgan fingerprint density at radius 2 is 2.43 bits per heavy atom. The van der Waals surface area contributed by atoms with E-state index in [1.165, 1.54) is 0 Å². The maximum absolute atomic E-state index is 9.10. The van der Waals surface area contributed by atoms with E-state index in [-0.39, 0.29) is 5.41 Å². The molecular weight excluding hydrogens is 174 g/mol. The highest BCUT2D eigenvalue weighted by atomic mass is 15.3. The number of aromatic nitrogens is 2. The number of nitriles is 1. The van der Waals surface area contributed by atoms with Crippen molar-refractivity contribution in [3.63, 3.8) is 0 Å². The minimum absolute atomic E-state index is 0.271. The zero-order valence-electron chi connectivity index (χ0n) is 7.90. The van der Waals surface area contributed by atoms with E-state index in [9.17, 15) is 0 Å². The van der Waals surface area contributed by atoms with Crippen molar-refractivity contribution in [3.8, 4) is 18.4 Å². The van der Waals surface area contributed by atoms with Gasteiger partial charge in [0.1, 0.15) is 6.54 Å². The van der Waals surface area contributed by atoms with Crippen molar-refractivity contribution in [2.45, 2.75) is 31.2 Å². The second kappa shape index (κ2) is 3.20. The number of rotatable bonds is 2. The molecular formula is C11H11N3. The van der Waals surface area contributed by atoms with E-state index in [0.717, 1.165) is 24.8 Å². The van der Waals surface area contributed by atoms with Crippen molar-refractivity contribution in [1.29, 1.82) is 5.26 Å². The van der Waals surface area contributed by atoms with Crippen LogP contribution in [0, 0.1) is 23.7 Å². The monoisotopic (exact) mass is 185 g/mol. The highest BCUT2D eigenvalue weighted by Crippen LogP contribution is 2.42. The molecule has 0 bridgehead atoms. The van der Waals surface area contributed by atoms with Gasteiger partial charge in [0.2, 0.25) is 0 Å². The lowest BCUT2D eigenvalue weighted by molar-refractivity contribution is 0.324. The minimum atomic E-state index is -0.271. The smallest absolute Gasteiger partial charge is 0.101 e. The molecule has 1 aliphatic rings. The molecule has 0 radical (unpaired) electrons. The predicted molar refractivity (Wildman–Crippen MR) is 52.2 cm³/mol. The van der Waals surface area contributed by atoms with Crippen molar-refractivity contribution >= 4 is 0 Å². The fourth-order valence-corrected chi connectivity index (χ4v) is 1.79. The summed E-state index contributed by atoms with van der Waals surface area (Å²) in [5, 5.41) is 13.2. The topological polar surface area (TPSA) is 41.6 Å².